The average molecular weight is 232 g/mol. The first-order valence-corrected chi connectivity index (χ1v) is 4.84. The molecule has 0 heterocycles. The van der Waals surface area contributed by atoms with E-state index in [1.165, 1.54) is 6.07 Å². The van der Waals surface area contributed by atoms with E-state index >= 15 is 0 Å². The molecule has 2 N–H and O–H groups in total. The number of benzene rings is 1. The van der Waals surface area contributed by atoms with Crippen LogP contribution in [0.4, 0.5) is 4.39 Å². The van der Waals surface area contributed by atoms with Crippen LogP contribution in [0.15, 0.2) is 18.2 Å². The first-order chi connectivity index (χ1) is 7.04. The Morgan fingerprint density at radius 2 is 2.27 bits per heavy atom. The summed E-state index contributed by atoms with van der Waals surface area (Å²) >= 11 is 5.64. The van der Waals surface area contributed by atoms with Crippen LogP contribution in [0, 0.1) is 5.82 Å². The Morgan fingerprint density at radius 3 is 2.73 bits per heavy atom. The molecule has 0 bridgehead atoms. The second-order valence-corrected chi connectivity index (χ2v) is 3.47. The zero-order valence-corrected chi connectivity index (χ0v) is 8.88. The standard InChI is InChI=1S/C10H11ClFNO2/c1-2-13-9(10(14)15)6-3-7(11)5-8(12)4-6/h3-5,9,13H,2H2,1H3,(H,14,15). The Morgan fingerprint density at radius 1 is 1.60 bits per heavy atom. The van der Waals surface area contributed by atoms with Crippen molar-refractivity contribution in [3.05, 3.63) is 34.6 Å². The summed E-state index contributed by atoms with van der Waals surface area (Å²) in [6, 6.07) is 2.80. The molecule has 0 aliphatic rings. The van der Waals surface area contributed by atoms with Crippen molar-refractivity contribution in [1.82, 2.24) is 5.32 Å². The van der Waals surface area contributed by atoms with Gasteiger partial charge < -0.3 is 10.4 Å². The maximum atomic E-state index is 13.0. The molecule has 0 aromatic heterocycles. The molecule has 82 valence electrons. The van der Waals surface area contributed by atoms with Crippen LogP contribution in [0.1, 0.15) is 18.5 Å². The first-order valence-electron chi connectivity index (χ1n) is 4.46. The lowest BCUT2D eigenvalue weighted by Gasteiger charge is -2.13. The van der Waals surface area contributed by atoms with Gasteiger partial charge in [-0.2, -0.15) is 0 Å². The Bertz CT molecular complexity index is 350. The topological polar surface area (TPSA) is 49.3 Å². The molecule has 0 aliphatic carbocycles. The molecule has 0 radical (unpaired) electrons. The normalized spacial score (nSPS) is 12.5. The molecule has 0 aliphatic heterocycles. The van der Waals surface area contributed by atoms with E-state index in [1.54, 1.807) is 6.92 Å². The molecule has 5 heteroatoms. The van der Waals surface area contributed by atoms with E-state index in [1.807, 2.05) is 0 Å². The van der Waals surface area contributed by atoms with Gasteiger partial charge in [0.15, 0.2) is 0 Å². The van der Waals surface area contributed by atoms with Crippen LogP contribution in [0.5, 0.6) is 0 Å². The number of hydrogen-bond acceptors (Lipinski definition) is 2. The fraction of sp³-hybridized carbons (Fsp3) is 0.300. The van der Waals surface area contributed by atoms with Crippen LogP contribution in [0.25, 0.3) is 0 Å². The molecule has 15 heavy (non-hydrogen) atoms. The summed E-state index contributed by atoms with van der Waals surface area (Å²) in [4.78, 5) is 10.9. The van der Waals surface area contributed by atoms with Crippen molar-refractivity contribution in [3.63, 3.8) is 0 Å². The van der Waals surface area contributed by atoms with Gasteiger partial charge in [0.1, 0.15) is 11.9 Å². The number of hydrogen-bond donors (Lipinski definition) is 2. The predicted molar refractivity (Wildman–Crippen MR) is 55.5 cm³/mol. The lowest BCUT2D eigenvalue weighted by Crippen LogP contribution is -2.28. The fourth-order valence-electron chi connectivity index (χ4n) is 1.29. The Kier molecular flexibility index (Phi) is 4.05. The zero-order valence-electron chi connectivity index (χ0n) is 8.13. The highest BCUT2D eigenvalue weighted by Gasteiger charge is 2.19. The Balaban J connectivity index is 3.05. The highest BCUT2D eigenvalue weighted by atomic mass is 35.5. The summed E-state index contributed by atoms with van der Waals surface area (Å²) < 4.78 is 13.0. The van der Waals surface area contributed by atoms with Crippen molar-refractivity contribution in [2.24, 2.45) is 0 Å². The molecular formula is C10H11ClFNO2. The number of carboxylic acid groups (broad SMARTS) is 1. The SMILES string of the molecule is CCNC(C(=O)O)c1cc(F)cc(Cl)c1. The van der Waals surface area contributed by atoms with Crippen LogP contribution in [-0.2, 0) is 4.79 Å². The van der Waals surface area contributed by atoms with E-state index in [2.05, 4.69) is 5.32 Å². The summed E-state index contributed by atoms with van der Waals surface area (Å²) in [5.74, 6) is -1.60. The van der Waals surface area contributed by atoms with E-state index in [4.69, 9.17) is 16.7 Å². The molecule has 1 aromatic carbocycles. The Labute approximate surface area is 91.9 Å². The van der Waals surface area contributed by atoms with Gasteiger partial charge in [0.05, 0.1) is 0 Å². The summed E-state index contributed by atoms with van der Waals surface area (Å²) in [6.45, 7) is 2.25. The highest BCUT2D eigenvalue weighted by molar-refractivity contribution is 6.30. The predicted octanol–water partition coefficient (Wildman–Crippen LogP) is 2.21. The highest BCUT2D eigenvalue weighted by Crippen LogP contribution is 2.20. The van der Waals surface area contributed by atoms with Gasteiger partial charge in [0, 0.05) is 5.02 Å². The van der Waals surface area contributed by atoms with Crippen molar-refractivity contribution >= 4 is 17.6 Å². The van der Waals surface area contributed by atoms with Gasteiger partial charge in [-0.05, 0) is 30.3 Å². The lowest BCUT2D eigenvalue weighted by atomic mass is 10.1. The monoisotopic (exact) mass is 231 g/mol. The average Bonchev–Trinajstić information content (AvgIpc) is 2.11. The number of carbonyl (C=O) groups is 1. The van der Waals surface area contributed by atoms with Crippen LogP contribution >= 0.6 is 11.6 Å². The molecular weight excluding hydrogens is 221 g/mol. The number of rotatable bonds is 4. The number of likely N-dealkylation sites (N-methyl/N-ethyl adjacent to an activating group) is 1. The van der Waals surface area contributed by atoms with E-state index in [-0.39, 0.29) is 5.02 Å². The summed E-state index contributed by atoms with van der Waals surface area (Å²) in [6.07, 6.45) is 0. The van der Waals surface area contributed by atoms with Crippen molar-refractivity contribution in [1.29, 1.82) is 0 Å². The molecule has 1 unspecified atom stereocenters. The maximum Gasteiger partial charge on any atom is 0.325 e. The fourth-order valence-corrected chi connectivity index (χ4v) is 1.52. The Hall–Kier alpha value is -1.13. The van der Waals surface area contributed by atoms with Gasteiger partial charge in [-0.25, -0.2) is 4.39 Å². The maximum absolute atomic E-state index is 13.0. The quantitative estimate of drug-likeness (QED) is 0.835. The van der Waals surface area contributed by atoms with Gasteiger partial charge in [0.2, 0.25) is 0 Å². The summed E-state index contributed by atoms with van der Waals surface area (Å²) in [5.41, 5.74) is 0.314. The van der Waals surface area contributed by atoms with E-state index in [0.717, 1.165) is 12.1 Å². The van der Waals surface area contributed by atoms with Gasteiger partial charge in [-0.15, -0.1) is 0 Å². The number of carboxylic acids is 1. The lowest BCUT2D eigenvalue weighted by molar-refractivity contribution is -0.139. The minimum atomic E-state index is -1.06. The van der Waals surface area contributed by atoms with Gasteiger partial charge in [0.25, 0.3) is 0 Å². The molecule has 0 saturated heterocycles. The van der Waals surface area contributed by atoms with E-state index in [9.17, 15) is 9.18 Å². The minimum Gasteiger partial charge on any atom is -0.480 e. The van der Waals surface area contributed by atoms with Crippen molar-refractivity contribution in [2.45, 2.75) is 13.0 Å². The third-order valence-corrected chi connectivity index (χ3v) is 2.09. The molecule has 1 rings (SSSR count). The second-order valence-electron chi connectivity index (χ2n) is 3.03. The molecule has 1 aromatic rings. The van der Waals surface area contributed by atoms with Crippen LogP contribution in [-0.4, -0.2) is 17.6 Å². The zero-order chi connectivity index (χ0) is 11.4. The van der Waals surface area contributed by atoms with Gasteiger partial charge in [-0.1, -0.05) is 18.5 Å². The summed E-state index contributed by atoms with van der Waals surface area (Å²) in [5, 5.41) is 11.8. The smallest absolute Gasteiger partial charge is 0.325 e. The van der Waals surface area contributed by atoms with Gasteiger partial charge >= 0.3 is 5.97 Å². The largest absolute Gasteiger partial charge is 0.480 e. The van der Waals surface area contributed by atoms with E-state index < -0.39 is 17.8 Å². The van der Waals surface area contributed by atoms with Gasteiger partial charge in [-0.3, -0.25) is 4.79 Å². The third-order valence-electron chi connectivity index (χ3n) is 1.87. The van der Waals surface area contributed by atoms with E-state index in [0.29, 0.717) is 12.1 Å². The molecule has 0 amide bonds. The molecule has 3 nitrogen and oxygen atoms in total. The number of nitrogens with one attached hydrogen (secondary N) is 1. The minimum absolute atomic E-state index is 0.189. The number of halogens is 2. The molecule has 0 saturated carbocycles. The van der Waals surface area contributed by atoms with Crippen LogP contribution in [0.3, 0.4) is 0 Å². The van der Waals surface area contributed by atoms with Crippen LogP contribution < -0.4 is 5.32 Å². The number of aliphatic carboxylic acids is 1. The van der Waals surface area contributed by atoms with Crippen molar-refractivity contribution in [3.8, 4) is 0 Å². The van der Waals surface area contributed by atoms with Crippen molar-refractivity contribution in [2.75, 3.05) is 6.54 Å². The molecule has 0 fully saturated rings. The van der Waals surface area contributed by atoms with Crippen LogP contribution in [0.2, 0.25) is 5.02 Å². The molecule has 1 atom stereocenters. The second kappa shape index (κ2) is 5.09. The van der Waals surface area contributed by atoms with Crippen molar-refractivity contribution < 1.29 is 14.3 Å². The summed E-state index contributed by atoms with van der Waals surface area (Å²) in [7, 11) is 0. The molecule has 0 spiro atoms. The third kappa shape index (κ3) is 3.18. The first kappa shape index (κ1) is 11.9.